The number of hydrogen-bond acceptors (Lipinski definition) is 7. The number of nitrogens with two attached hydrogens (primary N) is 1. The molecule has 114 valence electrons. The van der Waals surface area contributed by atoms with Crippen molar-refractivity contribution in [3.63, 3.8) is 0 Å². The van der Waals surface area contributed by atoms with E-state index in [2.05, 4.69) is 46.6 Å². The predicted octanol–water partition coefficient (Wildman–Crippen LogP) is 2.28. The molecule has 2 heterocycles. The highest BCUT2D eigenvalue weighted by Gasteiger charge is 2.19. The number of aryl methyl sites for hydroxylation is 2. The summed E-state index contributed by atoms with van der Waals surface area (Å²) in [5, 5.41) is 7.21. The van der Waals surface area contributed by atoms with Gasteiger partial charge in [0.25, 0.3) is 0 Å². The van der Waals surface area contributed by atoms with Crippen LogP contribution in [-0.4, -0.2) is 15.1 Å². The maximum atomic E-state index is 5.48. The van der Waals surface area contributed by atoms with E-state index in [1.807, 2.05) is 13.8 Å². The van der Waals surface area contributed by atoms with E-state index in [1.54, 1.807) is 6.07 Å². The molecule has 7 nitrogen and oxygen atoms in total. The van der Waals surface area contributed by atoms with Crippen LogP contribution in [0.5, 0.6) is 0 Å². The summed E-state index contributed by atoms with van der Waals surface area (Å²) in [4.78, 5) is 8.93. The fourth-order valence-corrected chi connectivity index (χ4v) is 1.88. The van der Waals surface area contributed by atoms with Gasteiger partial charge in [0.05, 0.1) is 5.69 Å². The normalized spacial score (nSPS) is 11.5. The Morgan fingerprint density at radius 3 is 2.38 bits per heavy atom. The van der Waals surface area contributed by atoms with Crippen molar-refractivity contribution < 1.29 is 4.52 Å². The van der Waals surface area contributed by atoms with Crippen molar-refractivity contribution in [2.75, 3.05) is 10.7 Å². The Morgan fingerprint density at radius 2 is 1.86 bits per heavy atom. The van der Waals surface area contributed by atoms with Crippen molar-refractivity contribution in [3.05, 3.63) is 28.9 Å². The molecule has 2 rings (SSSR count). The summed E-state index contributed by atoms with van der Waals surface area (Å²) < 4.78 is 5.15. The molecule has 0 aliphatic carbocycles. The van der Waals surface area contributed by atoms with E-state index >= 15 is 0 Å². The van der Waals surface area contributed by atoms with Crippen molar-refractivity contribution in [2.45, 2.75) is 46.6 Å². The molecule has 0 saturated heterocycles. The molecule has 2 aromatic rings. The zero-order valence-corrected chi connectivity index (χ0v) is 13.1. The lowest BCUT2D eigenvalue weighted by molar-refractivity contribution is 0.392. The van der Waals surface area contributed by atoms with Crippen LogP contribution < -0.4 is 16.6 Å². The number of nitrogens with zero attached hydrogens (tertiary/aromatic N) is 3. The highest BCUT2D eigenvalue weighted by atomic mass is 16.5. The highest BCUT2D eigenvalue weighted by molar-refractivity contribution is 5.48. The molecule has 0 amide bonds. The summed E-state index contributed by atoms with van der Waals surface area (Å²) in [5.74, 6) is 8.30. The molecule has 0 bridgehead atoms. The molecule has 0 aliphatic rings. The zero-order chi connectivity index (χ0) is 15.6. The molecule has 0 unspecified atom stereocenters. The quantitative estimate of drug-likeness (QED) is 0.586. The van der Waals surface area contributed by atoms with Crippen LogP contribution in [0.25, 0.3) is 0 Å². The molecule has 7 heteroatoms. The maximum absolute atomic E-state index is 5.48. The Labute approximate surface area is 124 Å². The van der Waals surface area contributed by atoms with E-state index in [-0.39, 0.29) is 5.41 Å². The maximum Gasteiger partial charge on any atom is 0.145 e. The summed E-state index contributed by atoms with van der Waals surface area (Å²) >= 11 is 0. The topological polar surface area (TPSA) is 102 Å². The van der Waals surface area contributed by atoms with Gasteiger partial charge in [0.1, 0.15) is 23.2 Å². The van der Waals surface area contributed by atoms with Crippen molar-refractivity contribution in [3.8, 4) is 0 Å². The van der Waals surface area contributed by atoms with Gasteiger partial charge in [-0.2, -0.15) is 0 Å². The Morgan fingerprint density at radius 1 is 1.19 bits per heavy atom. The summed E-state index contributed by atoms with van der Waals surface area (Å²) in [7, 11) is 0. The minimum Gasteiger partial charge on any atom is -0.366 e. The van der Waals surface area contributed by atoms with E-state index in [0.717, 1.165) is 22.8 Å². The van der Waals surface area contributed by atoms with Crippen LogP contribution in [-0.2, 0) is 12.0 Å². The van der Waals surface area contributed by atoms with Gasteiger partial charge in [0, 0.05) is 23.6 Å². The number of nitrogen functional groups attached to an aromatic ring is 1. The molecule has 0 spiro atoms. The number of anilines is 2. The smallest absolute Gasteiger partial charge is 0.145 e. The molecule has 0 fully saturated rings. The lowest BCUT2D eigenvalue weighted by Gasteiger charge is -2.18. The fourth-order valence-electron chi connectivity index (χ4n) is 1.88. The number of hydrogen-bond donors (Lipinski definition) is 3. The molecular formula is C14H22N6O. The van der Waals surface area contributed by atoms with Crippen LogP contribution >= 0.6 is 0 Å². The van der Waals surface area contributed by atoms with Gasteiger partial charge < -0.3 is 15.3 Å². The Bertz CT molecular complexity index is 609. The van der Waals surface area contributed by atoms with Crippen LogP contribution in [0.1, 0.15) is 43.6 Å². The van der Waals surface area contributed by atoms with E-state index in [1.165, 1.54) is 0 Å². The first kappa shape index (κ1) is 15.2. The monoisotopic (exact) mass is 290 g/mol. The third-order valence-corrected chi connectivity index (χ3v) is 3.17. The van der Waals surface area contributed by atoms with E-state index in [9.17, 15) is 0 Å². The zero-order valence-electron chi connectivity index (χ0n) is 13.1. The number of hydrazine groups is 1. The molecule has 2 aromatic heterocycles. The van der Waals surface area contributed by atoms with E-state index in [0.29, 0.717) is 18.2 Å². The van der Waals surface area contributed by atoms with Gasteiger partial charge >= 0.3 is 0 Å². The second-order valence-corrected chi connectivity index (χ2v) is 6.01. The van der Waals surface area contributed by atoms with E-state index < -0.39 is 0 Å². The fraction of sp³-hybridized carbons (Fsp3) is 0.500. The number of aromatic nitrogens is 3. The minimum atomic E-state index is -0.160. The third kappa shape index (κ3) is 3.49. The van der Waals surface area contributed by atoms with Gasteiger partial charge in [0.15, 0.2) is 0 Å². The lowest BCUT2D eigenvalue weighted by Crippen LogP contribution is -2.20. The van der Waals surface area contributed by atoms with E-state index in [4.69, 9.17) is 10.4 Å². The average molecular weight is 290 g/mol. The summed E-state index contributed by atoms with van der Waals surface area (Å²) in [6, 6.07) is 1.77. The van der Waals surface area contributed by atoms with Crippen molar-refractivity contribution in [2.24, 2.45) is 5.84 Å². The van der Waals surface area contributed by atoms with Gasteiger partial charge in [-0.05, 0) is 13.8 Å². The van der Waals surface area contributed by atoms with Crippen LogP contribution in [0.3, 0.4) is 0 Å². The van der Waals surface area contributed by atoms with Crippen molar-refractivity contribution in [1.29, 1.82) is 0 Å². The lowest BCUT2D eigenvalue weighted by atomic mass is 9.96. The molecule has 0 radical (unpaired) electrons. The van der Waals surface area contributed by atoms with Gasteiger partial charge in [-0.3, -0.25) is 0 Å². The largest absolute Gasteiger partial charge is 0.366 e. The Kier molecular flexibility index (Phi) is 4.13. The Balaban J connectivity index is 2.24. The summed E-state index contributed by atoms with van der Waals surface area (Å²) in [6.07, 6.45) is 0. The van der Waals surface area contributed by atoms with Crippen LogP contribution in [0.4, 0.5) is 11.6 Å². The number of nitrogens with one attached hydrogen (secondary N) is 2. The van der Waals surface area contributed by atoms with Crippen LogP contribution in [0.2, 0.25) is 0 Å². The first-order valence-corrected chi connectivity index (χ1v) is 6.83. The number of rotatable bonds is 4. The molecular weight excluding hydrogens is 268 g/mol. The van der Waals surface area contributed by atoms with Gasteiger partial charge in [-0.1, -0.05) is 25.9 Å². The second kappa shape index (κ2) is 5.69. The molecule has 0 atom stereocenters. The van der Waals surface area contributed by atoms with Crippen molar-refractivity contribution in [1.82, 2.24) is 15.1 Å². The SMILES string of the molecule is Cc1noc(C)c1CNc1cc(NN)nc(C(C)(C)C)n1. The summed E-state index contributed by atoms with van der Waals surface area (Å²) in [6.45, 7) is 10.6. The standard InChI is InChI=1S/C14H22N6O/c1-8-10(9(2)21-20-8)7-16-11-6-12(19-15)18-13(17-11)14(3,4)5/h6H,7,15H2,1-5H3,(H2,16,17,18,19). The first-order valence-electron chi connectivity index (χ1n) is 6.83. The second-order valence-electron chi connectivity index (χ2n) is 6.01. The molecule has 4 N–H and O–H groups in total. The predicted molar refractivity (Wildman–Crippen MR) is 81.8 cm³/mol. The van der Waals surface area contributed by atoms with Gasteiger partial charge in [0.2, 0.25) is 0 Å². The summed E-state index contributed by atoms with van der Waals surface area (Å²) in [5.41, 5.74) is 4.33. The molecule has 21 heavy (non-hydrogen) atoms. The third-order valence-electron chi connectivity index (χ3n) is 3.17. The van der Waals surface area contributed by atoms with Gasteiger partial charge in [-0.25, -0.2) is 15.8 Å². The molecule has 0 aromatic carbocycles. The van der Waals surface area contributed by atoms with Crippen LogP contribution in [0, 0.1) is 13.8 Å². The first-order chi connectivity index (χ1) is 9.81. The molecule has 0 aliphatic heterocycles. The Hall–Kier alpha value is -2.15. The average Bonchev–Trinajstić information content (AvgIpc) is 2.74. The van der Waals surface area contributed by atoms with Crippen LogP contribution in [0.15, 0.2) is 10.6 Å². The minimum absolute atomic E-state index is 0.160. The molecule has 0 saturated carbocycles. The van der Waals surface area contributed by atoms with Crippen molar-refractivity contribution >= 4 is 11.6 Å². The van der Waals surface area contributed by atoms with Gasteiger partial charge in [-0.15, -0.1) is 0 Å². The highest BCUT2D eigenvalue weighted by Crippen LogP contribution is 2.22.